The van der Waals surface area contributed by atoms with E-state index in [-0.39, 0.29) is 10.5 Å². The van der Waals surface area contributed by atoms with Crippen molar-refractivity contribution in [3.8, 4) is 0 Å². The maximum atomic E-state index is 12.9. The van der Waals surface area contributed by atoms with Crippen molar-refractivity contribution in [2.24, 2.45) is 0 Å². The molecular formula is C22H24N6O3S. The van der Waals surface area contributed by atoms with Crippen molar-refractivity contribution in [1.29, 1.82) is 0 Å². The van der Waals surface area contributed by atoms with E-state index in [1.807, 2.05) is 35.6 Å². The number of rotatable bonds is 6. The molecule has 1 saturated heterocycles. The molecule has 9 nitrogen and oxygen atoms in total. The van der Waals surface area contributed by atoms with Crippen LogP contribution in [0, 0.1) is 0 Å². The first kappa shape index (κ1) is 20.7. The maximum absolute atomic E-state index is 12.9. The van der Waals surface area contributed by atoms with Crippen LogP contribution in [0.3, 0.4) is 0 Å². The zero-order valence-corrected chi connectivity index (χ0v) is 18.5. The van der Waals surface area contributed by atoms with Crippen LogP contribution < -0.4 is 10.9 Å². The van der Waals surface area contributed by atoms with Gasteiger partial charge in [-0.15, -0.1) is 10.2 Å². The molecule has 2 aromatic carbocycles. The van der Waals surface area contributed by atoms with E-state index in [0.717, 1.165) is 18.4 Å². The summed E-state index contributed by atoms with van der Waals surface area (Å²) in [6.07, 6.45) is 1.79. The number of hydrogen-bond acceptors (Lipinski definition) is 6. The van der Waals surface area contributed by atoms with Crippen molar-refractivity contribution >= 4 is 32.4 Å². The van der Waals surface area contributed by atoms with Crippen LogP contribution in [0.15, 0.2) is 58.2 Å². The lowest BCUT2D eigenvalue weighted by Crippen LogP contribution is -2.27. The zero-order valence-electron chi connectivity index (χ0n) is 17.7. The minimum absolute atomic E-state index is 0.0951. The molecule has 166 valence electrons. The third kappa shape index (κ3) is 3.35. The highest BCUT2D eigenvalue weighted by atomic mass is 32.2. The fraction of sp³-hybridized carbons (Fsp3) is 0.318. The summed E-state index contributed by atoms with van der Waals surface area (Å²) >= 11 is 0. The molecular weight excluding hydrogens is 428 g/mol. The van der Waals surface area contributed by atoms with Crippen LogP contribution in [0.1, 0.15) is 25.6 Å². The molecule has 1 aliphatic rings. The normalized spacial score (nSPS) is 15.0. The second kappa shape index (κ2) is 8.03. The van der Waals surface area contributed by atoms with Gasteiger partial charge in [-0.25, -0.2) is 8.42 Å². The van der Waals surface area contributed by atoms with Crippen LogP contribution in [-0.2, 0) is 23.1 Å². The summed E-state index contributed by atoms with van der Waals surface area (Å²) in [7, 11) is -3.49. The fourth-order valence-electron chi connectivity index (χ4n) is 4.24. The number of benzene rings is 2. The molecule has 3 heterocycles. The minimum Gasteiger partial charge on any atom is -0.378 e. The molecule has 1 fully saturated rings. The van der Waals surface area contributed by atoms with Crippen molar-refractivity contribution in [1.82, 2.24) is 23.5 Å². The van der Waals surface area contributed by atoms with Crippen LogP contribution in [0.5, 0.6) is 0 Å². The summed E-state index contributed by atoms with van der Waals surface area (Å²) in [4.78, 5) is 13.1. The van der Waals surface area contributed by atoms with E-state index in [2.05, 4.69) is 15.5 Å². The lowest BCUT2D eigenvalue weighted by Gasteiger charge is -2.16. The van der Waals surface area contributed by atoms with Crippen LogP contribution >= 0.6 is 0 Å². The third-order valence-corrected chi connectivity index (χ3v) is 7.77. The molecule has 0 spiro atoms. The summed E-state index contributed by atoms with van der Waals surface area (Å²) in [5.41, 5.74) is 1.32. The lowest BCUT2D eigenvalue weighted by atomic mass is 10.2. The van der Waals surface area contributed by atoms with Gasteiger partial charge in [-0.1, -0.05) is 18.2 Å². The van der Waals surface area contributed by atoms with Gasteiger partial charge in [-0.2, -0.15) is 4.31 Å². The first-order chi connectivity index (χ1) is 15.5. The first-order valence-corrected chi connectivity index (χ1v) is 12.1. The number of para-hydroxylation sites is 1. The van der Waals surface area contributed by atoms with Crippen LogP contribution in [0.25, 0.3) is 16.7 Å². The fourth-order valence-corrected chi connectivity index (χ4v) is 5.80. The SMILES string of the molecule is CCn1c(=O)c2ccccc2n2c(CNc3cccc(S(=O)(=O)N4CCCC4)c3)nnc12. The van der Waals surface area contributed by atoms with Crippen LogP contribution in [-0.4, -0.2) is 45.0 Å². The number of sulfonamides is 1. The van der Waals surface area contributed by atoms with Crippen molar-refractivity contribution in [2.45, 2.75) is 37.8 Å². The van der Waals surface area contributed by atoms with Crippen LogP contribution in [0.2, 0.25) is 0 Å². The third-order valence-electron chi connectivity index (χ3n) is 5.88. The van der Waals surface area contributed by atoms with E-state index in [0.29, 0.717) is 48.9 Å². The van der Waals surface area contributed by atoms with Gasteiger partial charge in [0.25, 0.3) is 5.56 Å². The summed E-state index contributed by atoms with van der Waals surface area (Å²) in [5, 5.41) is 12.4. The molecule has 4 aromatic rings. The Morgan fingerprint density at radius 2 is 1.81 bits per heavy atom. The van der Waals surface area contributed by atoms with Gasteiger partial charge in [0.05, 0.1) is 22.3 Å². The number of aryl methyl sites for hydroxylation is 1. The quantitative estimate of drug-likeness (QED) is 0.482. The molecule has 0 unspecified atom stereocenters. The number of anilines is 1. The Morgan fingerprint density at radius 3 is 2.59 bits per heavy atom. The molecule has 10 heteroatoms. The predicted molar refractivity (Wildman–Crippen MR) is 122 cm³/mol. The second-order valence-corrected chi connectivity index (χ2v) is 9.75. The standard InChI is InChI=1S/C22H24N6O3S/c1-2-27-21(29)18-10-3-4-11-19(18)28-20(24-25-22(27)28)15-23-16-8-7-9-17(14-16)32(30,31)26-12-5-6-13-26/h3-4,7-11,14,23H,2,5-6,12-13,15H2,1H3. The number of hydrogen-bond donors (Lipinski definition) is 1. The number of nitrogens with zero attached hydrogens (tertiary/aromatic N) is 5. The lowest BCUT2D eigenvalue weighted by molar-refractivity contribution is 0.477. The molecule has 0 radical (unpaired) electrons. The average molecular weight is 453 g/mol. The zero-order chi connectivity index (χ0) is 22.3. The Labute approximate surface area is 185 Å². The van der Waals surface area contributed by atoms with Crippen molar-refractivity contribution in [3.63, 3.8) is 0 Å². The van der Waals surface area contributed by atoms with Crippen LogP contribution in [0.4, 0.5) is 5.69 Å². The van der Waals surface area contributed by atoms with Gasteiger partial charge in [0.1, 0.15) is 0 Å². The highest BCUT2D eigenvalue weighted by molar-refractivity contribution is 7.89. The van der Waals surface area contributed by atoms with Crippen molar-refractivity contribution in [2.75, 3.05) is 18.4 Å². The topological polar surface area (TPSA) is 102 Å². The van der Waals surface area contributed by atoms with Crippen molar-refractivity contribution < 1.29 is 8.42 Å². The van der Waals surface area contributed by atoms with E-state index in [9.17, 15) is 13.2 Å². The first-order valence-electron chi connectivity index (χ1n) is 10.7. The molecule has 1 aliphatic heterocycles. The Hall–Kier alpha value is -3.24. The molecule has 1 N–H and O–H groups in total. The average Bonchev–Trinajstić information content (AvgIpc) is 3.49. The molecule has 0 amide bonds. The Morgan fingerprint density at radius 1 is 1.03 bits per heavy atom. The van der Waals surface area contributed by atoms with E-state index in [1.54, 1.807) is 28.8 Å². The largest absolute Gasteiger partial charge is 0.378 e. The van der Waals surface area contributed by atoms with E-state index in [4.69, 9.17) is 0 Å². The molecule has 0 atom stereocenters. The summed E-state index contributed by atoms with van der Waals surface area (Å²) in [6, 6.07) is 14.2. The number of aromatic nitrogens is 4. The van der Waals surface area contributed by atoms with E-state index < -0.39 is 10.0 Å². The minimum atomic E-state index is -3.49. The summed E-state index contributed by atoms with van der Waals surface area (Å²) in [6.45, 7) is 3.83. The molecule has 0 aliphatic carbocycles. The Balaban J connectivity index is 1.49. The van der Waals surface area contributed by atoms with Gasteiger partial charge >= 0.3 is 0 Å². The maximum Gasteiger partial charge on any atom is 0.262 e. The number of nitrogens with one attached hydrogen (secondary N) is 1. The Kier molecular flexibility index (Phi) is 5.18. The number of fused-ring (bicyclic) bond motifs is 3. The predicted octanol–water partition coefficient (Wildman–Crippen LogP) is 2.46. The molecule has 32 heavy (non-hydrogen) atoms. The Bertz CT molecular complexity index is 1470. The highest BCUT2D eigenvalue weighted by Gasteiger charge is 2.27. The second-order valence-electron chi connectivity index (χ2n) is 7.81. The van der Waals surface area contributed by atoms with E-state index in [1.165, 1.54) is 4.31 Å². The van der Waals surface area contributed by atoms with Gasteiger partial charge in [0.15, 0.2) is 5.82 Å². The van der Waals surface area contributed by atoms with Gasteiger partial charge in [-0.3, -0.25) is 13.8 Å². The monoisotopic (exact) mass is 452 g/mol. The smallest absolute Gasteiger partial charge is 0.262 e. The van der Waals surface area contributed by atoms with Gasteiger partial charge in [0.2, 0.25) is 15.8 Å². The summed E-state index contributed by atoms with van der Waals surface area (Å²) < 4.78 is 30.8. The van der Waals surface area contributed by atoms with Gasteiger partial charge < -0.3 is 5.32 Å². The van der Waals surface area contributed by atoms with E-state index >= 15 is 0 Å². The molecule has 0 bridgehead atoms. The molecule has 5 rings (SSSR count). The van der Waals surface area contributed by atoms with Gasteiger partial charge in [0, 0.05) is 25.3 Å². The molecule has 0 saturated carbocycles. The van der Waals surface area contributed by atoms with Crippen molar-refractivity contribution in [3.05, 3.63) is 64.7 Å². The molecule has 2 aromatic heterocycles. The highest BCUT2D eigenvalue weighted by Crippen LogP contribution is 2.23. The van der Waals surface area contributed by atoms with Gasteiger partial charge in [-0.05, 0) is 50.1 Å². The summed E-state index contributed by atoms with van der Waals surface area (Å²) in [5.74, 6) is 1.12.